The molecule has 1 aromatic carbocycles. The van der Waals surface area contributed by atoms with Crippen molar-refractivity contribution >= 4 is 10.8 Å². The lowest BCUT2D eigenvalue weighted by Crippen LogP contribution is -2.36. The van der Waals surface area contributed by atoms with E-state index in [9.17, 15) is 4.21 Å². The van der Waals surface area contributed by atoms with Crippen molar-refractivity contribution in [3.8, 4) is 11.5 Å². The van der Waals surface area contributed by atoms with Gasteiger partial charge in [0.1, 0.15) is 0 Å². The molecule has 1 N–H and O–H groups in total. The summed E-state index contributed by atoms with van der Waals surface area (Å²) in [4.78, 5) is 0.808. The van der Waals surface area contributed by atoms with Crippen LogP contribution >= 0.6 is 0 Å². The van der Waals surface area contributed by atoms with Crippen molar-refractivity contribution in [1.82, 2.24) is 5.32 Å². The fraction of sp³-hybridized carbons (Fsp3) is 0.625. The molecule has 3 atom stereocenters. The molecule has 1 aliphatic rings. The van der Waals surface area contributed by atoms with Crippen LogP contribution in [-0.4, -0.2) is 36.3 Å². The third-order valence-corrected chi connectivity index (χ3v) is 5.46. The van der Waals surface area contributed by atoms with E-state index in [2.05, 4.69) is 19.2 Å². The van der Waals surface area contributed by atoms with E-state index in [0.29, 0.717) is 30.6 Å². The summed E-state index contributed by atoms with van der Waals surface area (Å²) in [7, 11) is 0.895. The second-order valence-electron chi connectivity index (χ2n) is 5.45. The summed E-state index contributed by atoms with van der Waals surface area (Å²) >= 11 is 0. The molecular formula is C16H25NO3S. The van der Waals surface area contributed by atoms with Crippen LogP contribution in [0, 0.1) is 5.92 Å². The molecule has 0 aromatic heterocycles. The summed E-state index contributed by atoms with van der Waals surface area (Å²) in [6, 6.07) is 5.87. The highest BCUT2D eigenvalue weighted by atomic mass is 32.2. The van der Waals surface area contributed by atoms with Gasteiger partial charge >= 0.3 is 0 Å². The molecule has 0 fully saturated rings. The van der Waals surface area contributed by atoms with Gasteiger partial charge in [-0.2, -0.15) is 0 Å². The summed E-state index contributed by atoms with van der Waals surface area (Å²) < 4.78 is 23.8. The molecular weight excluding hydrogens is 286 g/mol. The number of ether oxygens (including phenoxy) is 2. The molecule has 21 heavy (non-hydrogen) atoms. The Morgan fingerprint density at radius 3 is 2.67 bits per heavy atom. The van der Waals surface area contributed by atoms with E-state index in [0.717, 1.165) is 23.5 Å². The summed E-state index contributed by atoms with van der Waals surface area (Å²) in [6.07, 6.45) is 1.95. The van der Waals surface area contributed by atoms with Gasteiger partial charge in [-0.25, -0.2) is 0 Å². The summed E-state index contributed by atoms with van der Waals surface area (Å²) in [5.74, 6) is 2.58. The van der Waals surface area contributed by atoms with E-state index in [-0.39, 0.29) is 6.04 Å². The van der Waals surface area contributed by atoms with Gasteiger partial charge in [0, 0.05) is 29.2 Å². The number of nitrogens with one attached hydrogen (secondary N) is 1. The van der Waals surface area contributed by atoms with Crippen molar-refractivity contribution in [2.75, 3.05) is 26.0 Å². The lowest BCUT2D eigenvalue weighted by molar-refractivity contribution is 0.297. The van der Waals surface area contributed by atoms with Gasteiger partial charge in [0.25, 0.3) is 0 Å². The van der Waals surface area contributed by atoms with Gasteiger partial charge in [0.15, 0.2) is 11.5 Å². The lowest BCUT2D eigenvalue weighted by Gasteiger charge is -2.22. The Morgan fingerprint density at radius 2 is 2.00 bits per heavy atom. The second-order valence-corrected chi connectivity index (χ2v) is 6.95. The Balaban J connectivity index is 2.10. The van der Waals surface area contributed by atoms with E-state index in [1.807, 2.05) is 25.2 Å². The lowest BCUT2D eigenvalue weighted by atomic mass is 10.0. The van der Waals surface area contributed by atoms with Crippen LogP contribution in [0.15, 0.2) is 23.1 Å². The van der Waals surface area contributed by atoms with Gasteiger partial charge in [-0.05, 0) is 25.1 Å². The zero-order valence-corrected chi connectivity index (χ0v) is 13.9. The van der Waals surface area contributed by atoms with Crippen LogP contribution in [0.1, 0.15) is 26.7 Å². The largest absolute Gasteiger partial charge is 0.490 e. The first-order valence-electron chi connectivity index (χ1n) is 7.61. The smallest absolute Gasteiger partial charge is 0.162 e. The van der Waals surface area contributed by atoms with Crippen LogP contribution in [0.4, 0.5) is 0 Å². The number of hydrogen-bond acceptors (Lipinski definition) is 4. The first-order valence-corrected chi connectivity index (χ1v) is 8.92. The Bertz CT molecular complexity index is 492. The molecule has 0 radical (unpaired) electrons. The van der Waals surface area contributed by atoms with Crippen LogP contribution < -0.4 is 14.8 Å². The molecule has 0 amide bonds. The molecule has 1 heterocycles. The third-order valence-electron chi connectivity index (χ3n) is 4.01. The average Bonchev–Trinajstić information content (AvgIpc) is 2.76. The quantitative estimate of drug-likeness (QED) is 0.877. The number of rotatable bonds is 6. The van der Waals surface area contributed by atoms with Gasteiger partial charge < -0.3 is 14.8 Å². The minimum absolute atomic E-state index is 0.256. The second kappa shape index (κ2) is 7.80. The predicted molar refractivity (Wildman–Crippen MR) is 85.6 cm³/mol. The molecule has 0 bridgehead atoms. The highest BCUT2D eigenvalue weighted by Gasteiger charge is 2.19. The zero-order chi connectivity index (χ0) is 15.2. The van der Waals surface area contributed by atoms with E-state index in [1.54, 1.807) is 0 Å². The van der Waals surface area contributed by atoms with Crippen LogP contribution in [-0.2, 0) is 10.8 Å². The number of hydrogen-bond donors (Lipinski definition) is 1. The fourth-order valence-electron chi connectivity index (χ4n) is 2.36. The Labute approximate surface area is 129 Å². The Hall–Kier alpha value is -1.07. The molecule has 0 aliphatic carbocycles. The molecule has 1 aliphatic heterocycles. The van der Waals surface area contributed by atoms with Crippen molar-refractivity contribution in [2.45, 2.75) is 37.6 Å². The summed E-state index contributed by atoms with van der Waals surface area (Å²) in [6.45, 7) is 5.66. The molecule has 5 heteroatoms. The molecule has 0 saturated heterocycles. The van der Waals surface area contributed by atoms with Gasteiger partial charge in [-0.3, -0.25) is 4.21 Å². The standard InChI is InChI=1S/C16H25NO3S/c1-4-12(2)14(17-3)11-21(18)13-6-7-15-16(10-13)20-9-5-8-19-15/h6-7,10,12,14,17H,4-5,8-9,11H2,1-3H3. The highest BCUT2D eigenvalue weighted by molar-refractivity contribution is 7.85. The van der Waals surface area contributed by atoms with E-state index < -0.39 is 10.8 Å². The third kappa shape index (κ3) is 4.20. The molecule has 0 saturated carbocycles. The zero-order valence-electron chi connectivity index (χ0n) is 13.1. The maximum atomic E-state index is 12.6. The van der Waals surface area contributed by atoms with Crippen LogP contribution in [0.5, 0.6) is 11.5 Å². The van der Waals surface area contributed by atoms with Crippen LogP contribution in [0.2, 0.25) is 0 Å². The number of benzene rings is 1. The van der Waals surface area contributed by atoms with Crippen molar-refractivity contribution in [1.29, 1.82) is 0 Å². The van der Waals surface area contributed by atoms with Gasteiger partial charge in [0.05, 0.1) is 24.0 Å². The minimum atomic E-state index is -1.04. The van der Waals surface area contributed by atoms with Crippen molar-refractivity contribution in [3.63, 3.8) is 0 Å². The first-order chi connectivity index (χ1) is 10.2. The summed E-state index contributed by atoms with van der Waals surface area (Å²) in [5.41, 5.74) is 0. The van der Waals surface area contributed by atoms with Gasteiger partial charge in [0.2, 0.25) is 0 Å². The van der Waals surface area contributed by atoms with Gasteiger partial charge in [-0.15, -0.1) is 0 Å². The monoisotopic (exact) mass is 311 g/mol. The SMILES string of the molecule is CCC(C)C(CS(=O)c1ccc2c(c1)OCCCO2)NC. The first kappa shape index (κ1) is 16.3. The summed E-state index contributed by atoms with van der Waals surface area (Å²) in [5, 5.41) is 3.28. The molecule has 0 spiro atoms. The van der Waals surface area contributed by atoms with E-state index in [1.165, 1.54) is 0 Å². The average molecular weight is 311 g/mol. The number of fused-ring (bicyclic) bond motifs is 1. The maximum Gasteiger partial charge on any atom is 0.162 e. The molecule has 2 rings (SSSR count). The Kier molecular flexibility index (Phi) is 6.06. The fourth-order valence-corrected chi connectivity index (χ4v) is 3.83. The maximum absolute atomic E-state index is 12.6. The van der Waals surface area contributed by atoms with Crippen molar-refractivity contribution in [3.05, 3.63) is 18.2 Å². The van der Waals surface area contributed by atoms with Gasteiger partial charge in [-0.1, -0.05) is 20.3 Å². The minimum Gasteiger partial charge on any atom is -0.490 e. The normalized spacial score (nSPS) is 18.6. The molecule has 1 aromatic rings. The predicted octanol–water partition coefficient (Wildman–Crippen LogP) is 2.59. The topological polar surface area (TPSA) is 47.6 Å². The van der Waals surface area contributed by atoms with Crippen molar-refractivity contribution in [2.24, 2.45) is 5.92 Å². The Morgan fingerprint density at radius 1 is 1.29 bits per heavy atom. The molecule has 118 valence electrons. The van der Waals surface area contributed by atoms with Crippen molar-refractivity contribution < 1.29 is 13.7 Å². The van der Waals surface area contributed by atoms with Crippen LogP contribution in [0.25, 0.3) is 0 Å². The molecule has 4 nitrogen and oxygen atoms in total. The molecule has 3 unspecified atom stereocenters. The highest BCUT2D eigenvalue weighted by Crippen LogP contribution is 2.31. The van der Waals surface area contributed by atoms with E-state index in [4.69, 9.17) is 9.47 Å². The van der Waals surface area contributed by atoms with Crippen LogP contribution in [0.3, 0.4) is 0 Å². The van der Waals surface area contributed by atoms with E-state index >= 15 is 0 Å².